The van der Waals surface area contributed by atoms with Crippen LogP contribution in [0.2, 0.25) is 0 Å². The van der Waals surface area contributed by atoms with Crippen LogP contribution in [-0.2, 0) is 9.47 Å². The average molecular weight is 242 g/mol. The highest BCUT2D eigenvalue weighted by Gasteiger charge is 2.48. The molecular formula is C13H26N2O2. The predicted molar refractivity (Wildman–Crippen MR) is 68.0 cm³/mol. The van der Waals surface area contributed by atoms with Gasteiger partial charge in [0.1, 0.15) is 0 Å². The van der Waals surface area contributed by atoms with Crippen LogP contribution in [0.15, 0.2) is 0 Å². The molecule has 0 atom stereocenters. The molecular weight excluding hydrogens is 216 g/mol. The first kappa shape index (κ1) is 13.3. The van der Waals surface area contributed by atoms with Crippen LogP contribution in [0, 0.1) is 0 Å². The fourth-order valence-electron chi connectivity index (χ4n) is 3.20. The van der Waals surface area contributed by atoms with Gasteiger partial charge in [-0.05, 0) is 39.7 Å². The normalized spacial score (nSPS) is 34.9. The lowest BCUT2D eigenvalue weighted by Crippen LogP contribution is -2.65. The number of likely N-dealkylation sites (N-methyl/N-ethyl adjacent to an activating group) is 1. The first-order valence-corrected chi connectivity index (χ1v) is 6.84. The smallest absolute Gasteiger partial charge is 0.0611 e. The summed E-state index contributed by atoms with van der Waals surface area (Å²) >= 11 is 0. The molecule has 4 nitrogen and oxygen atoms in total. The molecule has 0 bridgehead atoms. The third-order valence-electron chi connectivity index (χ3n) is 4.48. The minimum atomic E-state index is 0.182. The molecule has 100 valence electrons. The molecule has 1 saturated carbocycles. The highest BCUT2D eigenvalue weighted by molar-refractivity contribution is 5.05. The van der Waals surface area contributed by atoms with E-state index in [1.54, 1.807) is 0 Å². The van der Waals surface area contributed by atoms with Crippen LogP contribution in [0.4, 0.5) is 0 Å². The van der Waals surface area contributed by atoms with Crippen molar-refractivity contribution in [3.63, 3.8) is 0 Å². The van der Waals surface area contributed by atoms with Crippen LogP contribution < -0.4 is 5.73 Å². The second-order valence-corrected chi connectivity index (χ2v) is 5.37. The fourth-order valence-corrected chi connectivity index (χ4v) is 3.20. The molecule has 1 heterocycles. The van der Waals surface area contributed by atoms with Crippen molar-refractivity contribution in [2.45, 2.75) is 50.3 Å². The van der Waals surface area contributed by atoms with Gasteiger partial charge in [-0.3, -0.25) is 4.90 Å². The molecule has 0 aromatic rings. The Bertz CT molecular complexity index is 236. The number of nitrogens with zero attached hydrogens (tertiary/aromatic N) is 1. The minimum Gasteiger partial charge on any atom is -0.381 e. The van der Waals surface area contributed by atoms with Gasteiger partial charge < -0.3 is 15.2 Å². The topological polar surface area (TPSA) is 47.7 Å². The Labute approximate surface area is 104 Å². The molecule has 0 aromatic carbocycles. The molecule has 1 saturated heterocycles. The summed E-state index contributed by atoms with van der Waals surface area (Å²) in [5.74, 6) is 0. The Morgan fingerprint density at radius 1 is 1.35 bits per heavy atom. The Kier molecular flexibility index (Phi) is 4.42. The van der Waals surface area contributed by atoms with Crippen molar-refractivity contribution in [2.24, 2.45) is 5.73 Å². The van der Waals surface area contributed by atoms with Crippen molar-refractivity contribution >= 4 is 0 Å². The maximum Gasteiger partial charge on any atom is 0.0611 e. The molecule has 17 heavy (non-hydrogen) atoms. The lowest BCUT2D eigenvalue weighted by Gasteiger charge is -2.55. The number of rotatable bonds is 5. The first-order chi connectivity index (χ1) is 8.22. The number of hydrogen-bond acceptors (Lipinski definition) is 4. The molecule has 0 amide bonds. The average Bonchev–Trinajstić information content (AvgIpc) is 2.34. The van der Waals surface area contributed by atoms with Gasteiger partial charge in [-0.1, -0.05) is 0 Å². The molecule has 2 fully saturated rings. The molecule has 2 rings (SSSR count). The molecule has 4 heteroatoms. The number of nitrogens with two attached hydrogens (primary N) is 1. The quantitative estimate of drug-likeness (QED) is 0.781. The van der Waals surface area contributed by atoms with E-state index in [2.05, 4.69) is 18.9 Å². The molecule has 0 spiro atoms. The summed E-state index contributed by atoms with van der Waals surface area (Å²) in [6, 6.07) is 0.634. The van der Waals surface area contributed by atoms with Gasteiger partial charge in [-0.2, -0.15) is 0 Å². The second-order valence-electron chi connectivity index (χ2n) is 5.37. The largest absolute Gasteiger partial charge is 0.381 e. The van der Waals surface area contributed by atoms with E-state index in [-0.39, 0.29) is 5.54 Å². The van der Waals surface area contributed by atoms with Gasteiger partial charge >= 0.3 is 0 Å². The Morgan fingerprint density at radius 2 is 2.00 bits per heavy atom. The summed E-state index contributed by atoms with van der Waals surface area (Å²) in [4.78, 5) is 2.50. The zero-order valence-corrected chi connectivity index (χ0v) is 11.2. The summed E-state index contributed by atoms with van der Waals surface area (Å²) in [6.45, 7) is 5.40. The van der Waals surface area contributed by atoms with Gasteiger partial charge in [-0.15, -0.1) is 0 Å². The predicted octanol–water partition coefficient (Wildman–Crippen LogP) is 0.994. The third kappa shape index (κ3) is 2.65. The van der Waals surface area contributed by atoms with Crippen molar-refractivity contribution in [1.29, 1.82) is 0 Å². The molecule has 0 radical (unpaired) electrons. The molecule has 0 aromatic heterocycles. The summed E-state index contributed by atoms with van der Waals surface area (Å²) in [6.07, 6.45) is 4.87. The number of ether oxygens (including phenoxy) is 2. The van der Waals surface area contributed by atoms with Crippen molar-refractivity contribution in [3.05, 3.63) is 0 Å². The van der Waals surface area contributed by atoms with Crippen LogP contribution in [0.25, 0.3) is 0 Å². The molecule has 2 N–H and O–H groups in total. The molecule has 1 aliphatic carbocycles. The summed E-state index contributed by atoms with van der Waals surface area (Å²) in [5, 5.41) is 0. The van der Waals surface area contributed by atoms with E-state index in [4.69, 9.17) is 15.2 Å². The molecule has 0 unspecified atom stereocenters. The maximum absolute atomic E-state index is 6.01. The third-order valence-corrected chi connectivity index (χ3v) is 4.48. The lowest BCUT2D eigenvalue weighted by atomic mass is 9.72. The lowest BCUT2D eigenvalue weighted by molar-refractivity contribution is -0.114. The first-order valence-electron chi connectivity index (χ1n) is 6.84. The summed E-state index contributed by atoms with van der Waals surface area (Å²) < 4.78 is 11.1. The van der Waals surface area contributed by atoms with E-state index in [0.29, 0.717) is 12.1 Å². The van der Waals surface area contributed by atoms with Crippen LogP contribution in [0.1, 0.15) is 32.6 Å². The van der Waals surface area contributed by atoms with Crippen LogP contribution >= 0.6 is 0 Å². The van der Waals surface area contributed by atoms with Crippen molar-refractivity contribution < 1.29 is 9.47 Å². The second kappa shape index (κ2) is 5.65. The van der Waals surface area contributed by atoms with E-state index < -0.39 is 0 Å². The highest BCUT2D eigenvalue weighted by atomic mass is 16.5. The van der Waals surface area contributed by atoms with E-state index >= 15 is 0 Å². The molecule has 1 aliphatic heterocycles. The summed E-state index contributed by atoms with van der Waals surface area (Å²) in [7, 11) is 2.23. The van der Waals surface area contributed by atoms with E-state index in [0.717, 1.165) is 52.0 Å². The van der Waals surface area contributed by atoms with Gasteiger partial charge in [0.05, 0.1) is 6.10 Å². The minimum absolute atomic E-state index is 0.182. The Morgan fingerprint density at radius 3 is 2.53 bits per heavy atom. The van der Waals surface area contributed by atoms with Gasteiger partial charge in [-0.25, -0.2) is 0 Å². The molecule has 2 aliphatic rings. The monoisotopic (exact) mass is 242 g/mol. The van der Waals surface area contributed by atoms with Gasteiger partial charge in [0.15, 0.2) is 0 Å². The fraction of sp³-hybridized carbons (Fsp3) is 1.00. The Balaban J connectivity index is 1.89. The van der Waals surface area contributed by atoms with Crippen molar-refractivity contribution in [2.75, 3.05) is 33.4 Å². The van der Waals surface area contributed by atoms with E-state index in [9.17, 15) is 0 Å². The standard InChI is InChI=1S/C13H26N2O2/c1-3-17-12-8-13(9-12,10-14)15(2)11-4-6-16-7-5-11/h11-12H,3-10,14H2,1-2H3. The van der Waals surface area contributed by atoms with Crippen molar-refractivity contribution in [1.82, 2.24) is 4.90 Å². The van der Waals surface area contributed by atoms with Crippen LogP contribution in [-0.4, -0.2) is 56.0 Å². The van der Waals surface area contributed by atoms with Crippen molar-refractivity contribution in [3.8, 4) is 0 Å². The zero-order chi connectivity index (χ0) is 12.3. The van der Waals surface area contributed by atoms with Crippen LogP contribution in [0.5, 0.6) is 0 Å². The summed E-state index contributed by atoms with van der Waals surface area (Å²) in [5.41, 5.74) is 6.19. The van der Waals surface area contributed by atoms with Crippen LogP contribution in [0.3, 0.4) is 0 Å². The maximum atomic E-state index is 6.01. The van der Waals surface area contributed by atoms with Gasteiger partial charge in [0.25, 0.3) is 0 Å². The van der Waals surface area contributed by atoms with Gasteiger partial charge in [0.2, 0.25) is 0 Å². The Hall–Kier alpha value is -0.160. The van der Waals surface area contributed by atoms with E-state index in [1.165, 1.54) is 0 Å². The van der Waals surface area contributed by atoms with Gasteiger partial charge in [0, 0.05) is 37.9 Å². The number of hydrogen-bond donors (Lipinski definition) is 1. The zero-order valence-electron chi connectivity index (χ0n) is 11.2. The SMILES string of the molecule is CCOC1CC(CN)(N(C)C2CCOCC2)C1. The highest BCUT2D eigenvalue weighted by Crippen LogP contribution is 2.40. The van der Waals surface area contributed by atoms with E-state index in [1.807, 2.05) is 0 Å².